The molecule has 0 aliphatic heterocycles. The highest BCUT2D eigenvalue weighted by Crippen LogP contribution is 2.26. The van der Waals surface area contributed by atoms with Gasteiger partial charge in [0.25, 0.3) is 0 Å². The van der Waals surface area contributed by atoms with Gasteiger partial charge >= 0.3 is 0 Å². The van der Waals surface area contributed by atoms with Gasteiger partial charge in [0.1, 0.15) is 11.4 Å². The maximum Gasteiger partial charge on any atom is 0.150 e. The first-order chi connectivity index (χ1) is 12.5. The topological polar surface area (TPSA) is 49.4 Å². The van der Waals surface area contributed by atoms with Crippen LogP contribution in [0.4, 0.5) is 31.5 Å². The van der Waals surface area contributed by atoms with Crippen LogP contribution in [-0.4, -0.2) is 0 Å². The number of azo groups is 2. The molecule has 0 atom stereocenters. The van der Waals surface area contributed by atoms with Crippen LogP contribution in [0.3, 0.4) is 0 Å². The summed E-state index contributed by atoms with van der Waals surface area (Å²) in [7, 11) is 0. The molecule has 0 saturated carbocycles. The second-order valence-corrected chi connectivity index (χ2v) is 5.83. The molecule has 0 bridgehead atoms. The fraction of sp³-hybridized carbons (Fsp3) is 0.100. The molecule has 0 aromatic heterocycles. The van der Waals surface area contributed by atoms with E-state index in [1.165, 1.54) is 12.1 Å². The monoisotopic (exact) mass is 350 g/mol. The zero-order chi connectivity index (χ0) is 18.5. The van der Waals surface area contributed by atoms with E-state index < -0.39 is 11.6 Å². The van der Waals surface area contributed by atoms with Crippen molar-refractivity contribution < 1.29 is 8.78 Å². The van der Waals surface area contributed by atoms with Gasteiger partial charge in [-0.15, -0.1) is 10.2 Å². The van der Waals surface area contributed by atoms with Gasteiger partial charge in [-0.25, -0.2) is 8.78 Å². The molecule has 3 rings (SSSR count). The van der Waals surface area contributed by atoms with Gasteiger partial charge in [-0.1, -0.05) is 12.1 Å². The molecule has 130 valence electrons. The van der Waals surface area contributed by atoms with E-state index in [-0.39, 0.29) is 11.4 Å². The fourth-order valence-corrected chi connectivity index (χ4v) is 2.20. The van der Waals surface area contributed by atoms with Gasteiger partial charge in [0.05, 0.1) is 11.4 Å². The average Bonchev–Trinajstić information content (AvgIpc) is 2.61. The third-order valence-electron chi connectivity index (χ3n) is 3.60. The number of halogens is 2. The predicted molar refractivity (Wildman–Crippen MR) is 97.1 cm³/mol. The summed E-state index contributed by atoms with van der Waals surface area (Å²) >= 11 is 0. The van der Waals surface area contributed by atoms with Crippen molar-refractivity contribution in [1.82, 2.24) is 0 Å². The van der Waals surface area contributed by atoms with Gasteiger partial charge in [0.2, 0.25) is 0 Å². The molecule has 26 heavy (non-hydrogen) atoms. The first-order valence-electron chi connectivity index (χ1n) is 7.97. The minimum atomic E-state index is -0.417. The molecule has 0 N–H and O–H groups in total. The molecule has 0 fully saturated rings. The molecule has 0 saturated heterocycles. The maximum atomic E-state index is 13.7. The van der Waals surface area contributed by atoms with Crippen LogP contribution in [0.2, 0.25) is 0 Å². The van der Waals surface area contributed by atoms with Crippen molar-refractivity contribution in [3.63, 3.8) is 0 Å². The van der Waals surface area contributed by atoms with Gasteiger partial charge in [0, 0.05) is 0 Å². The van der Waals surface area contributed by atoms with Gasteiger partial charge < -0.3 is 0 Å². The van der Waals surface area contributed by atoms with Crippen LogP contribution in [0.1, 0.15) is 11.1 Å². The Morgan fingerprint density at radius 1 is 0.538 bits per heavy atom. The van der Waals surface area contributed by atoms with Gasteiger partial charge in [0.15, 0.2) is 11.6 Å². The van der Waals surface area contributed by atoms with Gasteiger partial charge in [-0.3, -0.25) is 0 Å². The second-order valence-electron chi connectivity index (χ2n) is 5.83. The molecule has 4 nitrogen and oxygen atoms in total. The summed E-state index contributed by atoms with van der Waals surface area (Å²) in [6.45, 7) is 3.61. The summed E-state index contributed by atoms with van der Waals surface area (Å²) in [6, 6.07) is 16.2. The highest BCUT2D eigenvalue weighted by molar-refractivity contribution is 5.48. The molecule has 3 aromatic carbocycles. The Labute approximate surface area is 150 Å². The Bertz CT molecular complexity index is 899. The Balaban J connectivity index is 1.72. The molecule has 0 radical (unpaired) electrons. The van der Waals surface area contributed by atoms with E-state index in [9.17, 15) is 8.78 Å². The molecule has 0 unspecified atom stereocenters. The molecule has 6 heteroatoms. The fourth-order valence-electron chi connectivity index (χ4n) is 2.20. The number of rotatable bonds is 4. The number of nitrogens with zero attached hydrogens (tertiary/aromatic N) is 4. The molecule has 0 aliphatic rings. The lowest BCUT2D eigenvalue weighted by Gasteiger charge is -1.98. The maximum absolute atomic E-state index is 13.7. The molecule has 0 amide bonds. The highest BCUT2D eigenvalue weighted by atomic mass is 19.1. The first-order valence-corrected chi connectivity index (χ1v) is 7.97. The van der Waals surface area contributed by atoms with Crippen molar-refractivity contribution in [2.24, 2.45) is 20.5 Å². The second kappa shape index (κ2) is 7.74. The van der Waals surface area contributed by atoms with Crippen molar-refractivity contribution in [3.05, 3.63) is 83.4 Å². The Morgan fingerprint density at radius 3 is 1.27 bits per heavy atom. The summed E-state index contributed by atoms with van der Waals surface area (Å²) in [4.78, 5) is 0. The summed E-state index contributed by atoms with van der Waals surface area (Å²) in [6.07, 6.45) is 0. The third kappa shape index (κ3) is 4.42. The SMILES string of the molecule is Cc1ccc(N=Nc2ccc(N=Nc3ccc(C)cc3F)cc2)c(F)c1. The van der Waals surface area contributed by atoms with Crippen LogP contribution in [0.25, 0.3) is 0 Å². The number of benzene rings is 3. The van der Waals surface area contributed by atoms with Crippen LogP contribution in [0.5, 0.6) is 0 Å². The van der Waals surface area contributed by atoms with Gasteiger partial charge in [-0.05, 0) is 73.5 Å². The summed E-state index contributed by atoms with van der Waals surface area (Å²) in [5.41, 5.74) is 3.08. The molecular formula is C20H16F2N4. The molecular weight excluding hydrogens is 334 g/mol. The Hall–Kier alpha value is -3.28. The summed E-state index contributed by atoms with van der Waals surface area (Å²) < 4.78 is 27.4. The van der Waals surface area contributed by atoms with E-state index in [4.69, 9.17) is 0 Å². The highest BCUT2D eigenvalue weighted by Gasteiger charge is 2.02. The lowest BCUT2D eigenvalue weighted by Crippen LogP contribution is -1.77. The number of hydrogen-bond acceptors (Lipinski definition) is 4. The van der Waals surface area contributed by atoms with E-state index in [0.29, 0.717) is 11.4 Å². The Morgan fingerprint density at radius 2 is 0.923 bits per heavy atom. The average molecular weight is 350 g/mol. The predicted octanol–water partition coefficient (Wildman–Crippen LogP) is 7.41. The van der Waals surface area contributed by atoms with Crippen molar-refractivity contribution in [2.45, 2.75) is 13.8 Å². The van der Waals surface area contributed by atoms with Crippen molar-refractivity contribution >= 4 is 22.7 Å². The standard InChI is InChI=1S/C20H16F2N4/c1-13-3-9-19(17(21)11-13)25-23-15-5-7-16(8-6-15)24-26-20-10-4-14(2)12-18(20)22/h3-12H,1-2H3. The lowest BCUT2D eigenvalue weighted by atomic mass is 10.2. The van der Waals surface area contributed by atoms with Crippen LogP contribution in [0.15, 0.2) is 81.1 Å². The summed E-state index contributed by atoms with van der Waals surface area (Å²) in [5.74, 6) is -0.835. The van der Waals surface area contributed by atoms with E-state index in [1.54, 1.807) is 62.4 Å². The van der Waals surface area contributed by atoms with Crippen molar-refractivity contribution in [1.29, 1.82) is 0 Å². The van der Waals surface area contributed by atoms with Gasteiger partial charge in [-0.2, -0.15) is 10.2 Å². The minimum absolute atomic E-state index is 0.175. The normalized spacial score (nSPS) is 11.5. The van der Waals surface area contributed by atoms with Crippen molar-refractivity contribution in [3.8, 4) is 0 Å². The zero-order valence-electron chi connectivity index (χ0n) is 14.3. The minimum Gasteiger partial charge on any atom is -0.205 e. The quantitative estimate of drug-likeness (QED) is 0.440. The van der Waals surface area contributed by atoms with Crippen LogP contribution < -0.4 is 0 Å². The van der Waals surface area contributed by atoms with Crippen LogP contribution >= 0.6 is 0 Å². The largest absolute Gasteiger partial charge is 0.205 e. The van der Waals surface area contributed by atoms with Crippen molar-refractivity contribution in [2.75, 3.05) is 0 Å². The summed E-state index contributed by atoms with van der Waals surface area (Å²) in [5, 5.41) is 15.8. The van der Waals surface area contributed by atoms with Crippen LogP contribution in [-0.2, 0) is 0 Å². The first kappa shape index (κ1) is 17.5. The van der Waals surface area contributed by atoms with E-state index in [1.807, 2.05) is 0 Å². The molecule has 3 aromatic rings. The van der Waals surface area contributed by atoms with E-state index >= 15 is 0 Å². The zero-order valence-corrected chi connectivity index (χ0v) is 14.3. The lowest BCUT2D eigenvalue weighted by molar-refractivity contribution is 0.627. The molecule has 0 aliphatic carbocycles. The molecule has 0 heterocycles. The van der Waals surface area contributed by atoms with E-state index in [0.717, 1.165) is 11.1 Å². The molecule has 0 spiro atoms. The Kier molecular flexibility index (Phi) is 5.22. The smallest absolute Gasteiger partial charge is 0.150 e. The third-order valence-corrected chi connectivity index (χ3v) is 3.60. The number of hydrogen-bond donors (Lipinski definition) is 0. The van der Waals surface area contributed by atoms with Crippen LogP contribution in [0, 0.1) is 25.5 Å². The number of aryl methyl sites for hydroxylation is 2. The van der Waals surface area contributed by atoms with E-state index in [2.05, 4.69) is 20.5 Å².